The summed E-state index contributed by atoms with van der Waals surface area (Å²) in [5.41, 5.74) is 3.63. The highest BCUT2D eigenvalue weighted by molar-refractivity contribution is 7.89. The van der Waals surface area contributed by atoms with Gasteiger partial charge in [0.15, 0.2) is 0 Å². The second-order valence-electron chi connectivity index (χ2n) is 12.7. The van der Waals surface area contributed by atoms with Crippen molar-refractivity contribution in [2.75, 3.05) is 32.7 Å². The van der Waals surface area contributed by atoms with E-state index in [2.05, 4.69) is 36.1 Å². The molecule has 6 atom stereocenters. The Kier molecular flexibility index (Phi) is 7.84. The zero-order valence-electron chi connectivity index (χ0n) is 22.2. The fourth-order valence-electron chi connectivity index (χ4n) is 8.24. The van der Waals surface area contributed by atoms with E-state index in [9.17, 15) is 13.2 Å². The Morgan fingerprint density at radius 1 is 0.800 bits per heavy atom. The monoisotopic (exact) mass is 508 g/mol. The highest BCUT2D eigenvalue weighted by Gasteiger charge is 2.49. The second-order valence-corrected chi connectivity index (χ2v) is 14.9. The number of fused-ring (bicyclic) bond motifs is 1. The lowest BCUT2D eigenvalue weighted by atomic mass is 9.74. The number of hydrogen-bond acceptors (Lipinski definition) is 5. The molecule has 4 heterocycles. The van der Waals surface area contributed by atoms with Crippen molar-refractivity contribution in [3.63, 3.8) is 0 Å². The van der Waals surface area contributed by atoms with E-state index in [0.29, 0.717) is 42.7 Å². The van der Waals surface area contributed by atoms with Crippen LogP contribution in [0.3, 0.4) is 0 Å². The van der Waals surface area contributed by atoms with E-state index in [4.69, 9.17) is 0 Å². The van der Waals surface area contributed by atoms with Gasteiger partial charge in [-0.1, -0.05) is 33.1 Å². The van der Waals surface area contributed by atoms with Gasteiger partial charge < -0.3 is 4.90 Å². The average Bonchev–Trinajstić information content (AvgIpc) is 3.18. The van der Waals surface area contributed by atoms with Crippen LogP contribution in [-0.4, -0.2) is 78.6 Å². The molecule has 0 aromatic rings. The Labute approximate surface area is 213 Å². The molecule has 200 valence electrons. The van der Waals surface area contributed by atoms with Gasteiger partial charge in [-0.25, -0.2) is 17.7 Å². The summed E-state index contributed by atoms with van der Waals surface area (Å²) < 4.78 is 28.2. The van der Waals surface area contributed by atoms with Gasteiger partial charge in [-0.3, -0.25) is 10.2 Å². The van der Waals surface area contributed by atoms with Gasteiger partial charge in [0, 0.05) is 44.8 Å². The van der Waals surface area contributed by atoms with Gasteiger partial charge in [0.2, 0.25) is 15.9 Å². The summed E-state index contributed by atoms with van der Waals surface area (Å²) in [7, 11) is -3.14. The quantitative estimate of drug-likeness (QED) is 0.630. The number of rotatable bonds is 4. The van der Waals surface area contributed by atoms with Gasteiger partial charge in [0.25, 0.3) is 0 Å². The lowest BCUT2D eigenvalue weighted by molar-refractivity contribution is -0.140. The molecule has 0 spiro atoms. The SMILES string of the molecule is CC1CC(C)CN(C(=O)C2C(C)NN3CCC(C4CCN(S(=O)(=O)C5CCCCC5)CC4)CC23)C1. The fourth-order valence-corrected chi connectivity index (χ4v) is 10.3. The molecule has 5 fully saturated rings. The number of nitrogens with one attached hydrogen (secondary N) is 1. The number of likely N-dealkylation sites (tertiary alicyclic amines) is 1. The van der Waals surface area contributed by atoms with Crippen LogP contribution in [0.1, 0.15) is 85.0 Å². The summed E-state index contributed by atoms with van der Waals surface area (Å²) in [6.45, 7) is 10.9. The predicted octanol–water partition coefficient (Wildman–Crippen LogP) is 3.47. The van der Waals surface area contributed by atoms with Crippen LogP contribution in [0.4, 0.5) is 0 Å². The zero-order chi connectivity index (χ0) is 24.7. The lowest BCUT2D eigenvalue weighted by Gasteiger charge is -2.43. The van der Waals surface area contributed by atoms with Crippen molar-refractivity contribution in [2.24, 2.45) is 29.6 Å². The van der Waals surface area contributed by atoms with Crippen molar-refractivity contribution in [1.82, 2.24) is 19.6 Å². The van der Waals surface area contributed by atoms with Crippen LogP contribution in [0.2, 0.25) is 0 Å². The minimum atomic E-state index is -3.14. The smallest absolute Gasteiger partial charge is 0.228 e. The van der Waals surface area contributed by atoms with Gasteiger partial charge in [-0.2, -0.15) is 0 Å². The molecule has 1 aliphatic carbocycles. The normalized spacial score (nSPS) is 39.0. The maximum Gasteiger partial charge on any atom is 0.228 e. The minimum Gasteiger partial charge on any atom is -0.342 e. The van der Waals surface area contributed by atoms with Gasteiger partial charge in [-0.05, 0) is 75.5 Å². The van der Waals surface area contributed by atoms with E-state index in [1.54, 1.807) is 0 Å². The summed E-state index contributed by atoms with van der Waals surface area (Å²) in [5.74, 6) is 2.72. The van der Waals surface area contributed by atoms with Crippen LogP contribution in [0, 0.1) is 29.6 Å². The summed E-state index contributed by atoms with van der Waals surface area (Å²) in [5, 5.41) is 2.22. The first-order valence-electron chi connectivity index (χ1n) is 14.5. The van der Waals surface area contributed by atoms with Crippen LogP contribution < -0.4 is 5.43 Å². The van der Waals surface area contributed by atoms with E-state index in [-0.39, 0.29) is 23.3 Å². The Balaban J connectivity index is 1.20. The highest BCUT2D eigenvalue weighted by Crippen LogP contribution is 2.41. The molecule has 0 aromatic carbocycles. The molecule has 0 radical (unpaired) electrons. The third kappa shape index (κ3) is 5.32. The Bertz CT molecular complexity index is 842. The maximum atomic E-state index is 13.7. The van der Waals surface area contributed by atoms with E-state index in [1.807, 2.05) is 4.31 Å². The van der Waals surface area contributed by atoms with E-state index in [1.165, 1.54) is 12.8 Å². The van der Waals surface area contributed by atoms with Crippen molar-refractivity contribution in [1.29, 1.82) is 0 Å². The molecule has 1 amide bonds. The summed E-state index contributed by atoms with van der Waals surface area (Å²) >= 11 is 0. The van der Waals surface area contributed by atoms with Crippen LogP contribution >= 0.6 is 0 Å². The van der Waals surface area contributed by atoms with Crippen LogP contribution in [0.5, 0.6) is 0 Å². The molecule has 7 nitrogen and oxygen atoms in total. The Morgan fingerprint density at radius 2 is 1.43 bits per heavy atom. The predicted molar refractivity (Wildman–Crippen MR) is 139 cm³/mol. The Hall–Kier alpha value is -0.700. The van der Waals surface area contributed by atoms with Crippen LogP contribution in [0.25, 0.3) is 0 Å². The number of nitrogens with zero attached hydrogens (tertiary/aromatic N) is 3. The number of sulfonamides is 1. The fraction of sp³-hybridized carbons (Fsp3) is 0.963. The number of hydrogen-bond donors (Lipinski definition) is 1. The molecule has 6 unspecified atom stereocenters. The first-order valence-corrected chi connectivity index (χ1v) is 16.0. The molecule has 8 heteroatoms. The largest absolute Gasteiger partial charge is 0.342 e. The first-order chi connectivity index (χ1) is 16.7. The molecule has 4 saturated heterocycles. The molecule has 4 aliphatic heterocycles. The summed E-state index contributed by atoms with van der Waals surface area (Å²) in [6.07, 6.45) is 10.4. The van der Waals surface area contributed by atoms with Crippen molar-refractivity contribution in [3.05, 3.63) is 0 Å². The van der Waals surface area contributed by atoms with Crippen molar-refractivity contribution < 1.29 is 13.2 Å². The van der Waals surface area contributed by atoms with E-state index < -0.39 is 10.0 Å². The van der Waals surface area contributed by atoms with E-state index >= 15 is 0 Å². The lowest BCUT2D eigenvalue weighted by Crippen LogP contribution is -2.52. The van der Waals surface area contributed by atoms with Crippen molar-refractivity contribution in [3.8, 4) is 0 Å². The molecular formula is C27H48N4O3S. The zero-order valence-corrected chi connectivity index (χ0v) is 23.0. The molecule has 35 heavy (non-hydrogen) atoms. The molecular weight excluding hydrogens is 460 g/mol. The molecule has 0 bridgehead atoms. The number of hydrazine groups is 1. The van der Waals surface area contributed by atoms with Crippen LogP contribution in [0.15, 0.2) is 0 Å². The third-order valence-electron chi connectivity index (χ3n) is 9.97. The number of piperidine rings is 3. The standard InChI is InChI=1S/C27H48N4O3S/c1-19-15-20(2)18-29(17-19)27(32)26-21(3)28-31-14-11-23(16-25(26)31)22-9-12-30(13-10-22)35(33,34)24-7-5-4-6-8-24/h19-26,28H,4-18H2,1-3H3. The van der Waals surface area contributed by atoms with E-state index in [0.717, 1.165) is 71.0 Å². The van der Waals surface area contributed by atoms with Gasteiger partial charge in [0.05, 0.1) is 11.2 Å². The molecule has 5 aliphatic rings. The average molecular weight is 509 g/mol. The highest BCUT2D eigenvalue weighted by atomic mass is 32.2. The topological polar surface area (TPSA) is 73.0 Å². The molecule has 1 N–H and O–H groups in total. The maximum absolute atomic E-state index is 13.7. The first kappa shape index (κ1) is 25.9. The molecule has 5 rings (SSSR count). The number of carbonyl (C=O) groups is 1. The van der Waals surface area contributed by atoms with Crippen molar-refractivity contribution in [2.45, 2.75) is 102 Å². The second kappa shape index (κ2) is 10.6. The molecule has 0 aromatic heterocycles. The summed E-state index contributed by atoms with van der Waals surface area (Å²) in [4.78, 5) is 15.9. The Morgan fingerprint density at radius 3 is 2.09 bits per heavy atom. The van der Waals surface area contributed by atoms with Gasteiger partial charge >= 0.3 is 0 Å². The van der Waals surface area contributed by atoms with Gasteiger partial charge in [0.1, 0.15) is 0 Å². The summed E-state index contributed by atoms with van der Waals surface area (Å²) in [6, 6.07) is 0.453. The van der Waals surface area contributed by atoms with Crippen molar-refractivity contribution >= 4 is 15.9 Å². The third-order valence-corrected chi connectivity index (χ3v) is 12.4. The van der Waals surface area contributed by atoms with Gasteiger partial charge in [-0.15, -0.1) is 0 Å². The van der Waals surface area contributed by atoms with Crippen LogP contribution in [-0.2, 0) is 14.8 Å². The molecule has 1 saturated carbocycles. The minimum absolute atomic E-state index is 0.0297. The number of amides is 1. The number of carbonyl (C=O) groups excluding carboxylic acids is 1.